The monoisotopic (exact) mass is 137 g/mol. The number of hydrogen-bond acceptors (Lipinski definition) is 1. The first-order valence-electron chi connectivity index (χ1n) is 3.46. The van der Waals surface area contributed by atoms with Crippen molar-refractivity contribution in [3.05, 3.63) is 12.7 Å². The summed E-state index contributed by atoms with van der Waals surface area (Å²) in [5.74, 6) is 2.65. The van der Waals surface area contributed by atoms with Crippen LogP contribution < -0.4 is 5.32 Å². The lowest BCUT2D eigenvalue weighted by molar-refractivity contribution is 0.498. The van der Waals surface area contributed by atoms with E-state index in [-0.39, 0.29) is 5.54 Å². The van der Waals surface area contributed by atoms with Crippen LogP contribution in [0, 0.1) is 12.3 Å². The fraction of sp³-hybridized carbons (Fsp3) is 0.556. The predicted molar refractivity (Wildman–Crippen MR) is 45.7 cm³/mol. The molecule has 0 unspecified atom stereocenters. The van der Waals surface area contributed by atoms with Gasteiger partial charge in [0.1, 0.15) is 0 Å². The van der Waals surface area contributed by atoms with Crippen LogP contribution in [0.5, 0.6) is 0 Å². The predicted octanol–water partition coefficient (Wildman–Crippen LogP) is 1.56. The van der Waals surface area contributed by atoms with Crippen molar-refractivity contribution < 1.29 is 0 Å². The number of rotatable bonds is 4. The highest BCUT2D eigenvalue weighted by Crippen LogP contribution is 1.97. The van der Waals surface area contributed by atoms with Gasteiger partial charge in [0.2, 0.25) is 0 Å². The van der Waals surface area contributed by atoms with Crippen LogP contribution in [0.1, 0.15) is 20.3 Å². The maximum atomic E-state index is 5.25. The van der Waals surface area contributed by atoms with Crippen LogP contribution in [0.15, 0.2) is 12.7 Å². The van der Waals surface area contributed by atoms with Gasteiger partial charge in [0.25, 0.3) is 0 Å². The van der Waals surface area contributed by atoms with Gasteiger partial charge in [-0.3, -0.25) is 0 Å². The van der Waals surface area contributed by atoms with Crippen molar-refractivity contribution in [2.45, 2.75) is 25.8 Å². The minimum atomic E-state index is -0.178. The molecule has 0 radical (unpaired) electrons. The summed E-state index contributed by atoms with van der Waals surface area (Å²) in [5, 5.41) is 3.20. The molecule has 0 saturated heterocycles. The smallest absolute Gasteiger partial charge is 0.0741 e. The van der Waals surface area contributed by atoms with Gasteiger partial charge in [-0.2, -0.15) is 0 Å². The number of nitrogens with one attached hydrogen (secondary N) is 1. The van der Waals surface area contributed by atoms with Crippen molar-refractivity contribution in [2.75, 3.05) is 6.54 Å². The quantitative estimate of drug-likeness (QED) is 0.352. The van der Waals surface area contributed by atoms with E-state index in [2.05, 4.69) is 17.8 Å². The Labute approximate surface area is 63.5 Å². The Morgan fingerprint density at radius 3 is 2.70 bits per heavy atom. The molecule has 0 aliphatic rings. The van der Waals surface area contributed by atoms with E-state index in [1.54, 1.807) is 0 Å². The molecular formula is C9H15N. The van der Waals surface area contributed by atoms with Gasteiger partial charge in [-0.05, 0) is 26.8 Å². The summed E-state index contributed by atoms with van der Waals surface area (Å²) >= 11 is 0. The maximum absolute atomic E-state index is 5.25. The van der Waals surface area contributed by atoms with Crippen molar-refractivity contribution in [2.24, 2.45) is 0 Å². The second-order valence-corrected chi connectivity index (χ2v) is 2.77. The average Bonchev–Trinajstić information content (AvgIpc) is 1.89. The summed E-state index contributed by atoms with van der Waals surface area (Å²) in [7, 11) is 0. The van der Waals surface area contributed by atoms with Crippen molar-refractivity contribution in [1.29, 1.82) is 0 Å². The molecule has 0 aliphatic heterocycles. The van der Waals surface area contributed by atoms with Crippen LogP contribution in [0.3, 0.4) is 0 Å². The fourth-order valence-corrected chi connectivity index (χ4v) is 0.538. The lowest BCUT2D eigenvalue weighted by Crippen LogP contribution is -2.37. The molecule has 56 valence electrons. The Kier molecular flexibility index (Phi) is 3.83. The lowest BCUT2D eigenvalue weighted by atomic mass is 10.1. The van der Waals surface area contributed by atoms with Crippen LogP contribution in [0.2, 0.25) is 0 Å². The Morgan fingerprint density at radius 2 is 2.30 bits per heavy atom. The zero-order valence-corrected chi connectivity index (χ0v) is 6.78. The minimum Gasteiger partial charge on any atom is -0.301 e. The van der Waals surface area contributed by atoms with E-state index in [9.17, 15) is 0 Å². The standard InChI is InChI=1S/C9H15N/c1-5-7-8-10-9(3,4)6-2/h2,5,10H,1,7-8H2,3-4H3. The Hall–Kier alpha value is -0.740. The summed E-state index contributed by atoms with van der Waals surface area (Å²) in [6.07, 6.45) is 8.09. The van der Waals surface area contributed by atoms with E-state index >= 15 is 0 Å². The molecule has 0 aliphatic carbocycles. The zero-order valence-electron chi connectivity index (χ0n) is 6.78. The third-order valence-corrected chi connectivity index (χ3v) is 1.28. The molecular weight excluding hydrogens is 122 g/mol. The lowest BCUT2D eigenvalue weighted by Gasteiger charge is -2.18. The SMILES string of the molecule is C#CC(C)(C)NCCC=C. The molecule has 0 aromatic heterocycles. The Balaban J connectivity index is 3.49. The van der Waals surface area contributed by atoms with Gasteiger partial charge in [-0.15, -0.1) is 13.0 Å². The highest BCUT2D eigenvalue weighted by atomic mass is 14.9. The molecule has 0 bridgehead atoms. The molecule has 0 saturated carbocycles. The topological polar surface area (TPSA) is 12.0 Å². The zero-order chi connectivity index (χ0) is 8.04. The molecule has 1 nitrogen and oxygen atoms in total. The fourth-order valence-electron chi connectivity index (χ4n) is 0.538. The number of hydrogen-bond donors (Lipinski definition) is 1. The number of terminal acetylenes is 1. The largest absolute Gasteiger partial charge is 0.301 e. The van der Waals surface area contributed by atoms with Gasteiger partial charge in [0.15, 0.2) is 0 Å². The van der Waals surface area contributed by atoms with Gasteiger partial charge in [-0.25, -0.2) is 0 Å². The molecule has 0 rings (SSSR count). The average molecular weight is 137 g/mol. The van der Waals surface area contributed by atoms with Gasteiger partial charge in [0, 0.05) is 0 Å². The third kappa shape index (κ3) is 4.17. The first-order valence-corrected chi connectivity index (χ1v) is 3.46. The van der Waals surface area contributed by atoms with E-state index in [1.807, 2.05) is 19.9 Å². The second kappa shape index (κ2) is 4.14. The molecule has 1 heteroatoms. The first-order chi connectivity index (χ1) is 4.62. The van der Waals surface area contributed by atoms with E-state index in [0.717, 1.165) is 13.0 Å². The van der Waals surface area contributed by atoms with E-state index in [4.69, 9.17) is 6.42 Å². The summed E-state index contributed by atoms with van der Waals surface area (Å²) in [6, 6.07) is 0. The van der Waals surface area contributed by atoms with E-state index < -0.39 is 0 Å². The summed E-state index contributed by atoms with van der Waals surface area (Å²) in [4.78, 5) is 0. The van der Waals surface area contributed by atoms with Crippen molar-refractivity contribution >= 4 is 0 Å². The molecule has 0 fully saturated rings. The Morgan fingerprint density at radius 1 is 1.70 bits per heavy atom. The molecule has 0 atom stereocenters. The first kappa shape index (κ1) is 9.26. The van der Waals surface area contributed by atoms with Crippen LogP contribution in [0.4, 0.5) is 0 Å². The highest BCUT2D eigenvalue weighted by molar-refractivity contribution is 5.07. The maximum Gasteiger partial charge on any atom is 0.0741 e. The van der Waals surface area contributed by atoms with Gasteiger partial charge >= 0.3 is 0 Å². The van der Waals surface area contributed by atoms with Crippen LogP contribution in [0.25, 0.3) is 0 Å². The Bertz CT molecular complexity index is 139. The van der Waals surface area contributed by atoms with Gasteiger partial charge in [0.05, 0.1) is 5.54 Å². The van der Waals surface area contributed by atoms with Crippen LogP contribution >= 0.6 is 0 Å². The minimum absolute atomic E-state index is 0.178. The molecule has 0 aromatic rings. The van der Waals surface area contributed by atoms with Crippen LogP contribution in [-0.4, -0.2) is 12.1 Å². The molecule has 10 heavy (non-hydrogen) atoms. The summed E-state index contributed by atoms with van der Waals surface area (Å²) in [5.41, 5.74) is -0.178. The molecule has 0 aromatic carbocycles. The molecule has 0 heterocycles. The van der Waals surface area contributed by atoms with Crippen molar-refractivity contribution in [3.63, 3.8) is 0 Å². The van der Waals surface area contributed by atoms with Crippen molar-refractivity contribution in [3.8, 4) is 12.3 Å². The summed E-state index contributed by atoms with van der Waals surface area (Å²) < 4.78 is 0. The van der Waals surface area contributed by atoms with Gasteiger partial charge < -0.3 is 5.32 Å². The third-order valence-electron chi connectivity index (χ3n) is 1.28. The molecule has 0 spiro atoms. The summed E-state index contributed by atoms with van der Waals surface area (Å²) in [6.45, 7) is 8.48. The highest BCUT2D eigenvalue weighted by Gasteiger charge is 2.10. The van der Waals surface area contributed by atoms with E-state index in [1.165, 1.54) is 0 Å². The molecule has 1 N–H and O–H groups in total. The normalized spacial score (nSPS) is 10.5. The second-order valence-electron chi connectivity index (χ2n) is 2.77. The van der Waals surface area contributed by atoms with Crippen LogP contribution in [-0.2, 0) is 0 Å². The van der Waals surface area contributed by atoms with Gasteiger partial charge in [-0.1, -0.05) is 12.0 Å². The van der Waals surface area contributed by atoms with Crippen molar-refractivity contribution in [1.82, 2.24) is 5.32 Å². The van der Waals surface area contributed by atoms with E-state index in [0.29, 0.717) is 0 Å². The molecule has 0 amide bonds.